The Morgan fingerprint density at radius 2 is 2.12 bits per heavy atom. The third-order valence-electron chi connectivity index (χ3n) is 3.80. The molecule has 1 atom stereocenters. The first-order valence-electron chi connectivity index (χ1n) is 6.37. The van der Waals surface area contributed by atoms with Crippen molar-refractivity contribution in [3.05, 3.63) is 12.2 Å². The first-order valence-corrected chi connectivity index (χ1v) is 6.37. The van der Waals surface area contributed by atoms with E-state index in [2.05, 4.69) is 28.6 Å². The van der Waals surface area contributed by atoms with Gasteiger partial charge in [-0.1, -0.05) is 6.92 Å². The van der Waals surface area contributed by atoms with Crippen LogP contribution < -0.4 is 5.73 Å². The smallest absolute Gasteiger partial charge is 0.136 e. The van der Waals surface area contributed by atoms with E-state index in [-0.39, 0.29) is 0 Å². The van der Waals surface area contributed by atoms with Crippen LogP contribution in [0.25, 0.3) is 0 Å². The zero-order chi connectivity index (χ0) is 11.5. The van der Waals surface area contributed by atoms with Crippen LogP contribution in [-0.2, 0) is 0 Å². The molecule has 1 aliphatic rings. The Morgan fingerprint density at radius 3 is 2.75 bits per heavy atom. The van der Waals surface area contributed by atoms with E-state index in [9.17, 15) is 0 Å². The summed E-state index contributed by atoms with van der Waals surface area (Å²) in [7, 11) is 0. The molecule has 2 N–H and O–H groups in total. The lowest BCUT2D eigenvalue weighted by Gasteiger charge is -2.26. The first-order chi connectivity index (χ1) is 7.72. The van der Waals surface area contributed by atoms with Gasteiger partial charge in [0.2, 0.25) is 0 Å². The van der Waals surface area contributed by atoms with Gasteiger partial charge in [-0.2, -0.15) is 0 Å². The third-order valence-corrected chi connectivity index (χ3v) is 3.80. The molecule has 1 aromatic heterocycles. The standard InChI is InChI=1S/C12H22N4/c1-3-9(2)16-8-14-15-12(16)10-4-6-11(13)7-5-10/h8-11H,3-7,13H2,1-2H3. The maximum Gasteiger partial charge on any atom is 0.136 e. The number of rotatable bonds is 3. The second kappa shape index (κ2) is 4.95. The average Bonchev–Trinajstić information content (AvgIpc) is 2.78. The van der Waals surface area contributed by atoms with E-state index in [1.807, 2.05) is 6.33 Å². The van der Waals surface area contributed by atoms with Gasteiger partial charge in [0.05, 0.1) is 0 Å². The topological polar surface area (TPSA) is 56.7 Å². The van der Waals surface area contributed by atoms with Gasteiger partial charge >= 0.3 is 0 Å². The Hall–Kier alpha value is -0.900. The molecule has 1 aliphatic carbocycles. The van der Waals surface area contributed by atoms with Crippen LogP contribution in [0, 0.1) is 0 Å². The van der Waals surface area contributed by atoms with Crippen molar-refractivity contribution in [2.45, 2.75) is 64.0 Å². The number of nitrogens with two attached hydrogens (primary N) is 1. The summed E-state index contributed by atoms with van der Waals surface area (Å²) in [6.07, 6.45) is 7.57. The molecule has 16 heavy (non-hydrogen) atoms. The lowest BCUT2D eigenvalue weighted by atomic mass is 9.86. The van der Waals surface area contributed by atoms with Gasteiger partial charge in [-0.05, 0) is 39.0 Å². The molecule has 0 radical (unpaired) electrons. The zero-order valence-electron chi connectivity index (χ0n) is 10.3. The van der Waals surface area contributed by atoms with Crippen LogP contribution in [0.5, 0.6) is 0 Å². The minimum absolute atomic E-state index is 0.399. The highest BCUT2D eigenvalue weighted by molar-refractivity contribution is 5.00. The molecule has 90 valence electrons. The normalized spacial score (nSPS) is 27.9. The first kappa shape index (κ1) is 11.6. The summed E-state index contributed by atoms with van der Waals surface area (Å²) < 4.78 is 2.24. The van der Waals surface area contributed by atoms with E-state index in [1.54, 1.807) is 0 Å². The van der Waals surface area contributed by atoms with E-state index < -0.39 is 0 Å². The highest BCUT2D eigenvalue weighted by atomic mass is 15.3. The van der Waals surface area contributed by atoms with Crippen LogP contribution >= 0.6 is 0 Å². The van der Waals surface area contributed by atoms with E-state index >= 15 is 0 Å². The van der Waals surface area contributed by atoms with Crippen molar-refractivity contribution in [3.8, 4) is 0 Å². The lowest BCUT2D eigenvalue weighted by Crippen LogP contribution is -2.27. The average molecular weight is 222 g/mol. The summed E-state index contributed by atoms with van der Waals surface area (Å²) in [6.45, 7) is 4.42. The molecule has 1 heterocycles. The Balaban J connectivity index is 2.11. The Labute approximate surface area is 97.2 Å². The van der Waals surface area contributed by atoms with E-state index in [0.29, 0.717) is 18.0 Å². The van der Waals surface area contributed by atoms with Crippen LogP contribution in [0.3, 0.4) is 0 Å². The van der Waals surface area contributed by atoms with Crippen LogP contribution in [0.1, 0.15) is 63.7 Å². The summed E-state index contributed by atoms with van der Waals surface area (Å²) in [5.41, 5.74) is 5.93. The van der Waals surface area contributed by atoms with Crippen LogP contribution in [-0.4, -0.2) is 20.8 Å². The maximum atomic E-state index is 5.93. The number of hydrogen-bond acceptors (Lipinski definition) is 3. The highest BCUT2D eigenvalue weighted by Gasteiger charge is 2.24. The van der Waals surface area contributed by atoms with Gasteiger partial charge in [0.15, 0.2) is 0 Å². The molecule has 1 fully saturated rings. The van der Waals surface area contributed by atoms with E-state index in [4.69, 9.17) is 5.73 Å². The SMILES string of the molecule is CCC(C)n1cnnc1C1CCC(N)CC1. The molecular formula is C12H22N4. The fourth-order valence-electron chi connectivity index (χ4n) is 2.46. The second-order valence-corrected chi connectivity index (χ2v) is 4.97. The Kier molecular flexibility index (Phi) is 3.59. The molecule has 4 nitrogen and oxygen atoms in total. The van der Waals surface area contributed by atoms with Gasteiger partial charge in [-0.15, -0.1) is 10.2 Å². The van der Waals surface area contributed by atoms with Gasteiger partial charge in [-0.3, -0.25) is 0 Å². The van der Waals surface area contributed by atoms with Crippen molar-refractivity contribution in [2.24, 2.45) is 5.73 Å². The summed E-state index contributed by atoms with van der Waals surface area (Å²) in [5.74, 6) is 1.73. The third kappa shape index (κ3) is 2.26. The molecule has 4 heteroatoms. The predicted molar refractivity (Wildman–Crippen MR) is 64.2 cm³/mol. The Bertz CT molecular complexity index is 326. The largest absolute Gasteiger partial charge is 0.328 e. The van der Waals surface area contributed by atoms with Gasteiger partial charge in [0.25, 0.3) is 0 Å². The van der Waals surface area contributed by atoms with Gasteiger partial charge in [0.1, 0.15) is 12.2 Å². The monoisotopic (exact) mass is 222 g/mol. The fourth-order valence-corrected chi connectivity index (χ4v) is 2.46. The second-order valence-electron chi connectivity index (χ2n) is 4.97. The number of nitrogens with zero attached hydrogens (tertiary/aromatic N) is 3. The van der Waals surface area contributed by atoms with Crippen molar-refractivity contribution >= 4 is 0 Å². The van der Waals surface area contributed by atoms with Crippen LogP contribution in [0.4, 0.5) is 0 Å². The van der Waals surface area contributed by atoms with Crippen molar-refractivity contribution in [1.29, 1.82) is 0 Å². The highest BCUT2D eigenvalue weighted by Crippen LogP contribution is 2.32. The molecule has 0 aliphatic heterocycles. The summed E-state index contributed by atoms with van der Waals surface area (Å²) in [4.78, 5) is 0. The lowest BCUT2D eigenvalue weighted by molar-refractivity contribution is 0.366. The summed E-state index contributed by atoms with van der Waals surface area (Å²) >= 11 is 0. The number of aromatic nitrogens is 3. The molecular weight excluding hydrogens is 200 g/mol. The minimum Gasteiger partial charge on any atom is -0.328 e. The van der Waals surface area contributed by atoms with Crippen LogP contribution in [0.2, 0.25) is 0 Å². The molecule has 2 rings (SSSR count). The molecule has 1 aromatic rings. The van der Waals surface area contributed by atoms with Crippen molar-refractivity contribution in [3.63, 3.8) is 0 Å². The van der Waals surface area contributed by atoms with Gasteiger partial charge in [-0.25, -0.2) is 0 Å². The molecule has 0 bridgehead atoms. The van der Waals surface area contributed by atoms with E-state index in [1.165, 1.54) is 5.82 Å². The minimum atomic E-state index is 0.399. The molecule has 1 unspecified atom stereocenters. The maximum absolute atomic E-state index is 5.93. The van der Waals surface area contributed by atoms with Gasteiger partial charge in [0, 0.05) is 18.0 Å². The summed E-state index contributed by atoms with van der Waals surface area (Å²) in [5, 5.41) is 8.37. The zero-order valence-corrected chi connectivity index (χ0v) is 10.3. The Morgan fingerprint density at radius 1 is 1.44 bits per heavy atom. The summed E-state index contributed by atoms with van der Waals surface area (Å²) in [6, 6.07) is 0.900. The van der Waals surface area contributed by atoms with Crippen molar-refractivity contribution in [2.75, 3.05) is 0 Å². The molecule has 1 saturated carbocycles. The van der Waals surface area contributed by atoms with Crippen molar-refractivity contribution in [1.82, 2.24) is 14.8 Å². The van der Waals surface area contributed by atoms with E-state index in [0.717, 1.165) is 32.1 Å². The molecule has 0 amide bonds. The molecule has 0 aromatic carbocycles. The van der Waals surface area contributed by atoms with Crippen molar-refractivity contribution < 1.29 is 0 Å². The quantitative estimate of drug-likeness (QED) is 0.853. The van der Waals surface area contributed by atoms with Gasteiger partial charge < -0.3 is 10.3 Å². The molecule has 0 saturated heterocycles. The number of hydrogen-bond donors (Lipinski definition) is 1. The fraction of sp³-hybridized carbons (Fsp3) is 0.833. The van der Waals surface area contributed by atoms with Crippen LogP contribution in [0.15, 0.2) is 6.33 Å². The molecule has 0 spiro atoms. The predicted octanol–water partition coefficient (Wildman–Crippen LogP) is 2.23.